The predicted molar refractivity (Wildman–Crippen MR) is 66.3 cm³/mol. The number of aromatic nitrogens is 2. The van der Waals surface area contributed by atoms with Crippen molar-refractivity contribution in [3.05, 3.63) is 48.0 Å². The van der Waals surface area contributed by atoms with Crippen LogP contribution in [0.1, 0.15) is 23.1 Å². The summed E-state index contributed by atoms with van der Waals surface area (Å²) in [7, 11) is 0. The molecular formula is C13H15N3O. The molecule has 1 aromatic heterocycles. The Morgan fingerprint density at radius 2 is 2.06 bits per heavy atom. The van der Waals surface area contributed by atoms with Gasteiger partial charge in [-0.1, -0.05) is 6.92 Å². The molecule has 0 radical (unpaired) electrons. The summed E-state index contributed by atoms with van der Waals surface area (Å²) in [5.41, 5.74) is 6.97. The van der Waals surface area contributed by atoms with Gasteiger partial charge in [-0.3, -0.25) is 4.79 Å². The van der Waals surface area contributed by atoms with E-state index in [2.05, 4.69) is 11.9 Å². The van der Waals surface area contributed by atoms with Crippen molar-refractivity contribution < 1.29 is 4.79 Å². The van der Waals surface area contributed by atoms with Crippen LogP contribution >= 0.6 is 0 Å². The molecule has 0 unspecified atom stereocenters. The van der Waals surface area contributed by atoms with Crippen LogP contribution in [0.5, 0.6) is 0 Å². The number of carbonyl (C=O) groups excluding carboxylic acids is 1. The molecule has 4 nitrogen and oxygen atoms in total. The summed E-state index contributed by atoms with van der Waals surface area (Å²) in [5, 5.41) is 0. The first-order valence-electron chi connectivity index (χ1n) is 5.62. The lowest BCUT2D eigenvalue weighted by molar-refractivity contribution is 0.100. The zero-order valence-corrected chi connectivity index (χ0v) is 9.76. The molecule has 0 aliphatic carbocycles. The second kappa shape index (κ2) is 4.93. The highest BCUT2D eigenvalue weighted by Crippen LogP contribution is 2.12. The fourth-order valence-electron chi connectivity index (χ4n) is 1.76. The van der Waals surface area contributed by atoms with Gasteiger partial charge in [0, 0.05) is 30.1 Å². The molecular weight excluding hydrogens is 214 g/mol. The zero-order valence-electron chi connectivity index (χ0n) is 9.76. The number of hydrogen-bond acceptors (Lipinski definition) is 3. The van der Waals surface area contributed by atoms with Gasteiger partial charge in [-0.15, -0.1) is 0 Å². The molecule has 1 aromatic carbocycles. The molecule has 1 heterocycles. The van der Waals surface area contributed by atoms with Gasteiger partial charge in [0.2, 0.25) is 0 Å². The van der Waals surface area contributed by atoms with Crippen LogP contribution in [0.15, 0.2) is 36.7 Å². The Balaban J connectivity index is 2.32. The maximum absolute atomic E-state index is 11.4. The Kier molecular flexibility index (Phi) is 3.35. The van der Waals surface area contributed by atoms with E-state index in [1.807, 2.05) is 22.9 Å². The molecule has 2 aromatic rings. The Labute approximate surface area is 100 Å². The van der Waals surface area contributed by atoms with Crippen LogP contribution in [0.4, 0.5) is 0 Å². The standard InChI is InChI=1S/C13H15N3O/c1-2-13-15-7-8-16(13)11-5-3-10(4-6-11)12(17)9-14/h3-8H,2,9,14H2,1H3. The number of carbonyl (C=O) groups is 1. The number of aryl methyl sites for hydroxylation is 1. The molecule has 88 valence electrons. The normalized spacial score (nSPS) is 10.5. The number of nitrogens with zero attached hydrogens (tertiary/aromatic N) is 2. The van der Waals surface area contributed by atoms with Crippen LogP contribution in [0.25, 0.3) is 5.69 Å². The van der Waals surface area contributed by atoms with Gasteiger partial charge in [-0.2, -0.15) is 0 Å². The van der Waals surface area contributed by atoms with E-state index in [-0.39, 0.29) is 12.3 Å². The second-order valence-corrected chi connectivity index (χ2v) is 3.74. The largest absolute Gasteiger partial charge is 0.324 e. The van der Waals surface area contributed by atoms with Crippen LogP contribution < -0.4 is 5.73 Å². The lowest BCUT2D eigenvalue weighted by atomic mass is 10.1. The third-order valence-corrected chi connectivity index (χ3v) is 2.69. The monoisotopic (exact) mass is 229 g/mol. The quantitative estimate of drug-likeness (QED) is 0.810. The van der Waals surface area contributed by atoms with Gasteiger partial charge < -0.3 is 10.3 Å². The van der Waals surface area contributed by atoms with Crippen molar-refractivity contribution in [2.75, 3.05) is 6.54 Å². The van der Waals surface area contributed by atoms with Crippen molar-refractivity contribution in [1.82, 2.24) is 9.55 Å². The predicted octanol–water partition coefficient (Wildman–Crippen LogP) is 1.58. The molecule has 4 heteroatoms. The van der Waals surface area contributed by atoms with Crippen molar-refractivity contribution >= 4 is 5.78 Å². The molecule has 0 aliphatic rings. The van der Waals surface area contributed by atoms with E-state index in [1.165, 1.54) is 0 Å². The van der Waals surface area contributed by atoms with E-state index in [1.54, 1.807) is 18.3 Å². The summed E-state index contributed by atoms with van der Waals surface area (Å²) in [6, 6.07) is 7.40. The summed E-state index contributed by atoms with van der Waals surface area (Å²) < 4.78 is 2.01. The second-order valence-electron chi connectivity index (χ2n) is 3.74. The van der Waals surface area contributed by atoms with Crippen LogP contribution in [0.2, 0.25) is 0 Å². The molecule has 2 N–H and O–H groups in total. The van der Waals surface area contributed by atoms with E-state index in [4.69, 9.17) is 5.73 Å². The van der Waals surface area contributed by atoms with E-state index >= 15 is 0 Å². The van der Waals surface area contributed by atoms with Crippen LogP contribution in [-0.2, 0) is 6.42 Å². The smallest absolute Gasteiger partial charge is 0.176 e. The summed E-state index contributed by atoms with van der Waals surface area (Å²) in [4.78, 5) is 15.7. The molecule has 17 heavy (non-hydrogen) atoms. The van der Waals surface area contributed by atoms with E-state index in [9.17, 15) is 4.79 Å². The highest BCUT2D eigenvalue weighted by atomic mass is 16.1. The molecule has 0 fully saturated rings. The first-order chi connectivity index (χ1) is 8.26. The lowest BCUT2D eigenvalue weighted by Gasteiger charge is -2.07. The van der Waals surface area contributed by atoms with Gasteiger partial charge in [-0.05, 0) is 24.3 Å². The number of hydrogen-bond donors (Lipinski definition) is 1. The molecule has 0 saturated carbocycles. The van der Waals surface area contributed by atoms with Crippen LogP contribution in [-0.4, -0.2) is 21.9 Å². The maximum atomic E-state index is 11.4. The Bertz CT molecular complexity index is 514. The Morgan fingerprint density at radius 3 is 2.65 bits per heavy atom. The molecule has 0 saturated heterocycles. The minimum absolute atomic E-state index is 0.0436. The minimum atomic E-state index is -0.0436. The fraction of sp³-hybridized carbons (Fsp3) is 0.231. The SMILES string of the molecule is CCc1nccn1-c1ccc(C(=O)CN)cc1. The third kappa shape index (κ3) is 2.26. The summed E-state index contributed by atoms with van der Waals surface area (Å²) in [5.74, 6) is 0.959. The maximum Gasteiger partial charge on any atom is 0.176 e. The average molecular weight is 229 g/mol. The highest BCUT2D eigenvalue weighted by Gasteiger charge is 2.05. The van der Waals surface area contributed by atoms with Gasteiger partial charge in [-0.25, -0.2) is 4.98 Å². The number of ketones is 1. The molecule has 0 atom stereocenters. The zero-order chi connectivity index (χ0) is 12.3. The summed E-state index contributed by atoms with van der Waals surface area (Å²) in [6.45, 7) is 2.11. The Morgan fingerprint density at radius 1 is 1.35 bits per heavy atom. The van der Waals surface area contributed by atoms with E-state index in [0.29, 0.717) is 5.56 Å². The number of imidazole rings is 1. The van der Waals surface area contributed by atoms with Crippen molar-refractivity contribution in [3.8, 4) is 5.69 Å². The average Bonchev–Trinajstić information content (AvgIpc) is 2.86. The third-order valence-electron chi connectivity index (χ3n) is 2.69. The topological polar surface area (TPSA) is 60.9 Å². The minimum Gasteiger partial charge on any atom is -0.324 e. The first-order valence-corrected chi connectivity index (χ1v) is 5.62. The van der Waals surface area contributed by atoms with Crippen molar-refractivity contribution in [2.45, 2.75) is 13.3 Å². The number of rotatable bonds is 4. The Hall–Kier alpha value is -1.94. The number of benzene rings is 1. The van der Waals surface area contributed by atoms with E-state index in [0.717, 1.165) is 17.9 Å². The van der Waals surface area contributed by atoms with Crippen molar-refractivity contribution in [3.63, 3.8) is 0 Å². The molecule has 0 aliphatic heterocycles. The summed E-state index contributed by atoms with van der Waals surface area (Å²) in [6.07, 6.45) is 4.56. The first kappa shape index (κ1) is 11.5. The van der Waals surface area contributed by atoms with Crippen molar-refractivity contribution in [1.29, 1.82) is 0 Å². The highest BCUT2D eigenvalue weighted by molar-refractivity contribution is 5.97. The van der Waals surface area contributed by atoms with Crippen LogP contribution in [0.3, 0.4) is 0 Å². The van der Waals surface area contributed by atoms with Crippen molar-refractivity contribution in [2.24, 2.45) is 5.73 Å². The molecule has 0 amide bonds. The van der Waals surface area contributed by atoms with Gasteiger partial charge in [0.15, 0.2) is 5.78 Å². The van der Waals surface area contributed by atoms with Crippen LogP contribution in [0, 0.1) is 0 Å². The van der Waals surface area contributed by atoms with Gasteiger partial charge >= 0.3 is 0 Å². The summed E-state index contributed by atoms with van der Waals surface area (Å²) >= 11 is 0. The molecule has 0 spiro atoms. The van der Waals surface area contributed by atoms with E-state index < -0.39 is 0 Å². The molecule has 2 rings (SSSR count). The molecule has 0 bridgehead atoms. The number of Topliss-reactive ketones (excluding diaryl/α,β-unsaturated/α-hetero) is 1. The van der Waals surface area contributed by atoms with Gasteiger partial charge in [0.1, 0.15) is 5.82 Å². The van der Waals surface area contributed by atoms with Gasteiger partial charge in [0.25, 0.3) is 0 Å². The number of nitrogens with two attached hydrogens (primary N) is 1. The van der Waals surface area contributed by atoms with Gasteiger partial charge in [0.05, 0.1) is 6.54 Å². The fourth-order valence-corrected chi connectivity index (χ4v) is 1.76. The lowest BCUT2D eigenvalue weighted by Crippen LogP contribution is -2.13.